The van der Waals surface area contributed by atoms with Crippen LogP contribution in [0.3, 0.4) is 0 Å². The third-order valence-corrected chi connectivity index (χ3v) is 3.88. The zero-order chi connectivity index (χ0) is 15.4. The first-order valence-corrected chi connectivity index (χ1v) is 7.38. The monoisotopic (exact) mass is 308 g/mol. The van der Waals surface area contributed by atoms with Gasteiger partial charge >= 0.3 is 5.97 Å². The summed E-state index contributed by atoms with van der Waals surface area (Å²) in [4.78, 5) is 36.3. The van der Waals surface area contributed by atoms with E-state index in [9.17, 15) is 14.4 Å². The highest BCUT2D eigenvalue weighted by molar-refractivity contribution is 7.12. The van der Waals surface area contributed by atoms with Gasteiger partial charge in [-0.2, -0.15) is 0 Å². The van der Waals surface area contributed by atoms with Gasteiger partial charge in [-0.15, -0.1) is 11.3 Å². The molecule has 2 amide bonds. The van der Waals surface area contributed by atoms with Crippen LogP contribution < -0.4 is 5.32 Å². The van der Waals surface area contributed by atoms with Gasteiger partial charge in [-0.05, 0) is 35.9 Å². The van der Waals surface area contributed by atoms with Crippen LogP contribution in [0.5, 0.6) is 0 Å². The Hall–Kier alpha value is -2.15. The maximum Gasteiger partial charge on any atom is 0.328 e. The van der Waals surface area contributed by atoms with Crippen LogP contribution in [-0.2, 0) is 9.59 Å². The fourth-order valence-electron chi connectivity index (χ4n) is 1.75. The number of rotatable bonds is 6. The molecule has 1 aliphatic rings. The summed E-state index contributed by atoms with van der Waals surface area (Å²) >= 11 is 1.22. The van der Waals surface area contributed by atoms with Crippen molar-refractivity contribution in [3.05, 3.63) is 28.0 Å². The van der Waals surface area contributed by atoms with E-state index in [2.05, 4.69) is 5.32 Å². The maximum absolute atomic E-state index is 12.3. The Bertz CT molecular complexity index is 590. The Morgan fingerprint density at radius 1 is 1.48 bits per heavy atom. The molecule has 1 aromatic heterocycles. The number of likely N-dealkylation sites (N-methyl/N-ethyl adjacent to an activating group) is 1. The number of nitrogens with one attached hydrogen (secondary N) is 1. The third-order valence-electron chi connectivity index (χ3n) is 2.97. The second kappa shape index (κ2) is 6.53. The van der Waals surface area contributed by atoms with Crippen LogP contribution in [0.2, 0.25) is 0 Å². The lowest BCUT2D eigenvalue weighted by Gasteiger charge is -2.16. The Morgan fingerprint density at radius 3 is 2.81 bits per heavy atom. The fraction of sp³-hybridized carbons (Fsp3) is 0.357. The van der Waals surface area contributed by atoms with Gasteiger partial charge in [-0.1, -0.05) is 0 Å². The number of nitrogens with zero attached hydrogens (tertiary/aromatic N) is 1. The fourth-order valence-corrected chi connectivity index (χ4v) is 2.63. The number of carboxylic acids is 1. The van der Waals surface area contributed by atoms with E-state index in [4.69, 9.17) is 5.11 Å². The molecule has 1 heterocycles. The molecule has 0 spiro atoms. The van der Waals surface area contributed by atoms with E-state index in [0.29, 0.717) is 10.4 Å². The molecule has 0 aromatic carbocycles. The Morgan fingerprint density at radius 2 is 2.19 bits per heavy atom. The average Bonchev–Trinajstić information content (AvgIpc) is 3.09. The van der Waals surface area contributed by atoms with E-state index in [1.54, 1.807) is 18.5 Å². The minimum absolute atomic E-state index is 0.00464. The van der Waals surface area contributed by atoms with Crippen molar-refractivity contribution in [1.29, 1.82) is 0 Å². The highest BCUT2D eigenvalue weighted by atomic mass is 32.1. The molecular weight excluding hydrogens is 292 g/mol. The van der Waals surface area contributed by atoms with Crippen molar-refractivity contribution in [3.8, 4) is 0 Å². The molecule has 7 heteroatoms. The van der Waals surface area contributed by atoms with Gasteiger partial charge in [0.15, 0.2) is 0 Å². The molecule has 0 atom stereocenters. The number of amides is 2. The highest BCUT2D eigenvalue weighted by Crippen LogP contribution is 2.21. The predicted octanol–water partition coefficient (Wildman–Crippen LogP) is 1.20. The molecule has 2 rings (SSSR count). The highest BCUT2D eigenvalue weighted by Gasteiger charge is 2.25. The second-order valence-electron chi connectivity index (χ2n) is 4.88. The molecule has 1 aliphatic carbocycles. The molecule has 0 radical (unpaired) electrons. The van der Waals surface area contributed by atoms with Crippen molar-refractivity contribution in [1.82, 2.24) is 10.2 Å². The van der Waals surface area contributed by atoms with Crippen LogP contribution >= 0.6 is 11.3 Å². The number of carbonyl (C=O) groups is 3. The second-order valence-corrected chi connectivity index (χ2v) is 5.80. The van der Waals surface area contributed by atoms with Crippen molar-refractivity contribution < 1.29 is 19.5 Å². The van der Waals surface area contributed by atoms with E-state index in [-0.39, 0.29) is 24.4 Å². The summed E-state index contributed by atoms with van der Waals surface area (Å²) < 4.78 is 0. The first kappa shape index (κ1) is 15.2. The molecule has 112 valence electrons. The van der Waals surface area contributed by atoms with Gasteiger partial charge in [0, 0.05) is 19.2 Å². The SMILES string of the molecule is CN(CC(=O)NC1CC1)C(=O)c1sccc1C=CC(=O)O. The van der Waals surface area contributed by atoms with Crippen molar-refractivity contribution in [2.45, 2.75) is 18.9 Å². The maximum atomic E-state index is 12.3. The van der Waals surface area contributed by atoms with Crippen LogP contribution in [0.25, 0.3) is 6.08 Å². The van der Waals surface area contributed by atoms with E-state index in [1.165, 1.54) is 22.3 Å². The zero-order valence-electron chi connectivity index (χ0n) is 11.5. The molecule has 1 fully saturated rings. The number of thiophene rings is 1. The van der Waals surface area contributed by atoms with Gasteiger partial charge < -0.3 is 15.3 Å². The predicted molar refractivity (Wildman–Crippen MR) is 79.1 cm³/mol. The Balaban J connectivity index is 1.99. The van der Waals surface area contributed by atoms with Gasteiger partial charge in [0.25, 0.3) is 5.91 Å². The lowest BCUT2D eigenvalue weighted by molar-refractivity contribution is -0.131. The normalized spacial score (nSPS) is 14.1. The van der Waals surface area contributed by atoms with Crippen LogP contribution in [0, 0.1) is 0 Å². The first-order chi connectivity index (χ1) is 9.97. The molecule has 0 saturated heterocycles. The quantitative estimate of drug-likeness (QED) is 0.773. The molecule has 0 unspecified atom stereocenters. The number of aliphatic carboxylic acids is 1. The number of carboxylic acid groups (broad SMARTS) is 1. The summed E-state index contributed by atoms with van der Waals surface area (Å²) in [5.74, 6) is -1.54. The van der Waals surface area contributed by atoms with Crippen molar-refractivity contribution in [2.75, 3.05) is 13.6 Å². The molecule has 1 aromatic rings. The lowest BCUT2D eigenvalue weighted by Crippen LogP contribution is -2.39. The first-order valence-electron chi connectivity index (χ1n) is 6.50. The summed E-state index contributed by atoms with van der Waals surface area (Å²) in [7, 11) is 1.55. The number of carbonyl (C=O) groups excluding carboxylic acids is 2. The summed E-state index contributed by atoms with van der Waals surface area (Å²) in [5, 5.41) is 13.2. The molecule has 21 heavy (non-hydrogen) atoms. The van der Waals surface area contributed by atoms with Gasteiger partial charge in [0.2, 0.25) is 5.91 Å². The minimum atomic E-state index is -1.07. The molecule has 1 saturated carbocycles. The van der Waals surface area contributed by atoms with Crippen molar-refractivity contribution in [2.24, 2.45) is 0 Å². The van der Waals surface area contributed by atoms with Gasteiger partial charge in [-0.3, -0.25) is 9.59 Å². The summed E-state index contributed by atoms with van der Waals surface area (Å²) in [6.45, 7) is -0.00464. The molecular formula is C14H16N2O4S. The van der Waals surface area contributed by atoms with E-state index < -0.39 is 5.97 Å². The molecule has 2 N–H and O–H groups in total. The van der Waals surface area contributed by atoms with E-state index in [1.807, 2.05) is 0 Å². The van der Waals surface area contributed by atoms with Gasteiger partial charge in [0.1, 0.15) is 0 Å². The standard InChI is InChI=1S/C14H16N2O4S/c1-16(8-11(17)15-10-3-4-10)14(20)13-9(6-7-21-13)2-5-12(18)19/h2,5-7,10H,3-4,8H2,1H3,(H,15,17)(H,18,19). The Labute approximate surface area is 126 Å². The largest absolute Gasteiger partial charge is 0.478 e. The summed E-state index contributed by atoms with van der Waals surface area (Å²) in [5.41, 5.74) is 0.543. The number of hydrogen-bond acceptors (Lipinski definition) is 4. The molecule has 0 bridgehead atoms. The minimum Gasteiger partial charge on any atom is -0.478 e. The topological polar surface area (TPSA) is 86.7 Å². The average molecular weight is 308 g/mol. The van der Waals surface area contributed by atoms with Gasteiger partial charge in [0.05, 0.1) is 11.4 Å². The van der Waals surface area contributed by atoms with Crippen LogP contribution in [-0.4, -0.2) is 47.4 Å². The van der Waals surface area contributed by atoms with Crippen LogP contribution in [0.15, 0.2) is 17.5 Å². The Kier molecular flexibility index (Phi) is 4.74. The van der Waals surface area contributed by atoms with Crippen molar-refractivity contribution >= 4 is 35.2 Å². The zero-order valence-corrected chi connectivity index (χ0v) is 12.4. The van der Waals surface area contributed by atoms with E-state index in [0.717, 1.165) is 18.9 Å². The summed E-state index contributed by atoms with van der Waals surface area (Å²) in [6.07, 6.45) is 4.36. The van der Waals surface area contributed by atoms with Crippen LogP contribution in [0.1, 0.15) is 28.1 Å². The molecule has 6 nitrogen and oxygen atoms in total. The van der Waals surface area contributed by atoms with E-state index >= 15 is 0 Å². The summed E-state index contributed by atoms with van der Waals surface area (Å²) in [6, 6.07) is 1.94. The molecule has 0 aliphatic heterocycles. The van der Waals surface area contributed by atoms with Crippen molar-refractivity contribution in [3.63, 3.8) is 0 Å². The lowest BCUT2D eigenvalue weighted by atomic mass is 10.2. The smallest absolute Gasteiger partial charge is 0.328 e. The number of hydrogen-bond donors (Lipinski definition) is 2. The third kappa shape index (κ3) is 4.42. The van der Waals surface area contributed by atoms with Crippen LogP contribution in [0.4, 0.5) is 0 Å². The van der Waals surface area contributed by atoms with Gasteiger partial charge in [-0.25, -0.2) is 4.79 Å².